The molecule has 1 unspecified atom stereocenters. The van der Waals surface area contributed by atoms with E-state index in [0.717, 1.165) is 28.2 Å². The van der Waals surface area contributed by atoms with Crippen LogP contribution in [0.4, 0.5) is 0 Å². The number of amides is 2. The predicted molar refractivity (Wildman–Crippen MR) is 167 cm³/mol. The quantitative estimate of drug-likeness (QED) is 0.167. The Morgan fingerprint density at radius 1 is 0.837 bits per heavy atom. The van der Waals surface area contributed by atoms with E-state index in [2.05, 4.69) is 16.0 Å². The molecule has 0 radical (unpaired) electrons. The first kappa shape index (κ1) is 31.5. The van der Waals surface area contributed by atoms with Gasteiger partial charge in [-0.25, -0.2) is 0 Å². The van der Waals surface area contributed by atoms with Gasteiger partial charge < -0.3 is 30.2 Å². The summed E-state index contributed by atoms with van der Waals surface area (Å²) < 4.78 is 11.0. The number of methoxy groups -OCH3 is 1. The molecule has 2 amide bonds. The average Bonchev–Trinajstić information content (AvgIpc) is 3.45. The molecular weight excluding hydrogens is 542 g/mol. The zero-order valence-electron chi connectivity index (χ0n) is 25.4. The summed E-state index contributed by atoms with van der Waals surface area (Å²) in [5.74, 6) is 1.51. The highest BCUT2D eigenvalue weighted by Crippen LogP contribution is 2.20. The first-order chi connectivity index (χ1) is 20.6. The molecule has 1 aromatic heterocycles. The van der Waals surface area contributed by atoms with Crippen LogP contribution in [0.1, 0.15) is 74.9 Å². The first-order valence-electron chi connectivity index (χ1n) is 14.5. The molecule has 8 heteroatoms. The van der Waals surface area contributed by atoms with Crippen molar-refractivity contribution < 1.29 is 23.8 Å². The van der Waals surface area contributed by atoms with Crippen LogP contribution in [0.3, 0.4) is 0 Å². The van der Waals surface area contributed by atoms with Crippen LogP contribution in [0.25, 0.3) is 0 Å². The minimum absolute atomic E-state index is 0.0526. The summed E-state index contributed by atoms with van der Waals surface area (Å²) in [5.41, 5.74) is 3.49. The van der Waals surface area contributed by atoms with Crippen LogP contribution in [0.2, 0.25) is 0 Å². The number of aliphatic hydroxyl groups excluding tert-OH is 1. The molecule has 0 aliphatic heterocycles. The second kappa shape index (κ2) is 14.7. The van der Waals surface area contributed by atoms with Gasteiger partial charge in [-0.2, -0.15) is 0 Å². The van der Waals surface area contributed by atoms with Crippen molar-refractivity contribution in [1.82, 2.24) is 16.0 Å². The Kier molecular flexibility index (Phi) is 10.8. The van der Waals surface area contributed by atoms with E-state index in [4.69, 9.17) is 9.15 Å². The van der Waals surface area contributed by atoms with Crippen molar-refractivity contribution in [1.29, 1.82) is 0 Å². The van der Waals surface area contributed by atoms with E-state index in [1.165, 1.54) is 0 Å². The number of benzene rings is 3. The summed E-state index contributed by atoms with van der Waals surface area (Å²) in [4.78, 5) is 26.6. The summed E-state index contributed by atoms with van der Waals surface area (Å²) in [6.45, 7) is 7.80. The monoisotopic (exact) mass is 583 g/mol. The van der Waals surface area contributed by atoms with E-state index in [-0.39, 0.29) is 30.4 Å². The van der Waals surface area contributed by atoms with Crippen molar-refractivity contribution >= 4 is 11.8 Å². The molecule has 3 aromatic carbocycles. The second-order valence-electron chi connectivity index (χ2n) is 11.0. The molecule has 4 atom stereocenters. The lowest BCUT2D eigenvalue weighted by Gasteiger charge is -2.26. The third-order valence-corrected chi connectivity index (χ3v) is 7.44. The van der Waals surface area contributed by atoms with Crippen molar-refractivity contribution in [2.45, 2.75) is 58.3 Å². The Balaban J connectivity index is 1.47. The summed E-state index contributed by atoms with van der Waals surface area (Å²) in [6.07, 6.45) is -0.454. The lowest BCUT2D eigenvalue weighted by atomic mass is 9.99. The maximum atomic E-state index is 13.6. The summed E-state index contributed by atoms with van der Waals surface area (Å²) in [7, 11) is 1.63. The molecule has 4 rings (SSSR count). The zero-order valence-corrected chi connectivity index (χ0v) is 25.4. The molecule has 226 valence electrons. The minimum atomic E-state index is -0.887. The van der Waals surface area contributed by atoms with Crippen LogP contribution >= 0.6 is 0 Å². The van der Waals surface area contributed by atoms with E-state index in [9.17, 15) is 14.7 Å². The van der Waals surface area contributed by atoms with Crippen LogP contribution < -0.4 is 20.7 Å². The molecule has 0 bridgehead atoms. The van der Waals surface area contributed by atoms with Crippen molar-refractivity contribution in [2.75, 3.05) is 13.7 Å². The van der Waals surface area contributed by atoms with Crippen molar-refractivity contribution in [3.05, 3.63) is 124 Å². The molecule has 4 N–H and O–H groups in total. The molecule has 4 aromatic rings. The fourth-order valence-corrected chi connectivity index (χ4v) is 4.95. The number of carbonyl (C=O) groups excluding carboxylic acids is 2. The number of hydrogen-bond donors (Lipinski definition) is 4. The second-order valence-corrected chi connectivity index (χ2v) is 11.0. The highest BCUT2D eigenvalue weighted by molar-refractivity contribution is 6.00. The highest BCUT2D eigenvalue weighted by atomic mass is 16.5. The van der Waals surface area contributed by atoms with Crippen LogP contribution in [0.5, 0.6) is 5.75 Å². The van der Waals surface area contributed by atoms with Gasteiger partial charge >= 0.3 is 0 Å². The SMILES string of the molecule is COc1cccc([C@@H](C)NC[C@@H](O)[C@H](Cc2ccccc2)NC(=O)c2cc(C)cc(C(=O)NC(C)c3ccc(C)o3)c2)c1. The Morgan fingerprint density at radius 3 is 2.19 bits per heavy atom. The molecular formula is C35H41N3O5. The van der Waals surface area contributed by atoms with Crippen LogP contribution in [-0.2, 0) is 6.42 Å². The maximum absolute atomic E-state index is 13.6. The molecule has 0 saturated heterocycles. The van der Waals surface area contributed by atoms with Crippen LogP contribution in [0.15, 0.2) is 89.3 Å². The van der Waals surface area contributed by atoms with Crippen LogP contribution in [-0.4, -0.2) is 42.7 Å². The molecule has 8 nitrogen and oxygen atoms in total. The number of hydrogen-bond acceptors (Lipinski definition) is 6. The largest absolute Gasteiger partial charge is 0.497 e. The van der Waals surface area contributed by atoms with Gasteiger partial charge in [0.15, 0.2) is 0 Å². The standard InChI is InChI=1S/C35H41N3O5/c1-22-16-28(34(40)37-25(4)33-15-14-23(2)43-33)19-29(17-22)35(41)38-31(18-26-10-7-6-8-11-26)32(39)21-36-24(3)27-12-9-13-30(20-27)42-5/h6-17,19-20,24-25,31-32,36,39H,18,21H2,1-5H3,(H,37,40)(H,38,41)/t24-,25?,31+,32-/m1/s1. The Bertz CT molecular complexity index is 1520. The van der Waals surface area contributed by atoms with E-state index in [1.807, 2.05) is 94.4 Å². The zero-order chi connectivity index (χ0) is 30.9. The van der Waals surface area contributed by atoms with E-state index in [1.54, 1.807) is 25.3 Å². The number of ether oxygens (including phenoxy) is 1. The number of carbonyl (C=O) groups is 2. The van der Waals surface area contributed by atoms with Crippen molar-refractivity contribution in [2.24, 2.45) is 0 Å². The third kappa shape index (κ3) is 8.80. The third-order valence-electron chi connectivity index (χ3n) is 7.44. The maximum Gasteiger partial charge on any atom is 0.251 e. The Morgan fingerprint density at radius 2 is 1.53 bits per heavy atom. The van der Waals surface area contributed by atoms with Gasteiger partial charge in [0.05, 0.1) is 25.3 Å². The summed E-state index contributed by atoms with van der Waals surface area (Å²) in [6, 6.07) is 25.3. The fraction of sp³-hybridized carbons (Fsp3) is 0.314. The molecule has 1 heterocycles. The summed E-state index contributed by atoms with van der Waals surface area (Å²) >= 11 is 0. The molecule has 0 aliphatic rings. The minimum Gasteiger partial charge on any atom is -0.497 e. The van der Waals surface area contributed by atoms with Gasteiger partial charge in [0, 0.05) is 23.7 Å². The number of aliphatic hydroxyl groups is 1. The molecule has 0 aliphatic carbocycles. The van der Waals surface area contributed by atoms with Gasteiger partial charge in [0.2, 0.25) is 0 Å². The first-order valence-corrected chi connectivity index (χ1v) is 14.5. The van der Waals surface area contributed by atoms with E-state index < -0.39 is 12.1 Å². The van der Waals surface area contributed by atoms with Gasteiger partial charge in [0.25, 0.3) is 11.8 Å². The fourth-order valence-electron chi connectivity index (χ4n) is 4.95. The molecule has 0 saturated carbocycles. The number of aryl methyl sites for hydroxylation is 2. The normalized spacial score (nSPS) is 13.9. The summed E-state index contributed by atoms with van der Waals surface area (Å²) in [5, 5.41) is 20.6. The number of rotatable bonds is 13. The van der Waals surface area contributed by atoms with Crippen LogP contribution in [0, 0.1) is 13.8 Å². The van der Waals surface area contributed by atoms with Gasteiger partial charge in [-0.3, -0.25) is 9.59 Å². The lowest BCUT2D eigenvalue weighted by Crippen LogP contribution is -2.49. The van der Waals surface area contributed by atoms with Gasteiger partial charge in [-0.05, 0) is 93.3 Å². The highest BCUT2D eigenvalue weighted by Gasteiger charge is 2.24. The number of furan rings is 1. The Hall–Kier alpha value is -4.40. The molecule has 0 spiro atoms. The van der Waals surface area contributed by atoms with E-state index in [0.29, 0.717) is 23.3 Å². The average molecular weight is 584 g/mol. The van der Waals surface area contributed by atoms with E-state index >= 15 is 0 Å². The smallest absolute Gasteiger partial charge is 0.251 e. The van der Waals surface area contributed by atoms with Gasteiger partial charge in [-0.1, -0.05) is 42.5 Å². The van der Waals surface area contributed by atoms with Crippen molar-refractivity contribution in [3.63, 3.8) is 0 Å². The Labute approximate surface area is 253 Å². The van der Waals surface area contributed by atoms with Gasteiger partial charge in [0.1, 0.15) is 17.3 Å². The molecule has 43 heavy (non-hydrogen) atoms. The van der Waals surface area contributed by atoms with Gasteiger partial charge in [-0.15, -0.1) is 0 Å². The lowest BCUT2D eigenvalue weighted by molar-refractivity contribution is 0.0825. The van der Waals surface area contributed by atoms with Crippen molar-refractivity contribution in [3.8, 4) is 5.75 Å². The number of nitrogens with one attached hydrogen (secondary N) is 3. The topological polar surface area (TPSA) is 113 Å². The molecule has 0 fully saturated rings. The predicted octanol–water partition coefficient (Wildman–Crippen LogP) is 5.45.